The van der Waals surface area contributed by atoms with Gasteiger partial charge in [0.15, 0.2) is 0 Å². The Labute approximate surface area is 92.3 Å². The van der Waals surface area contributed by atoms with Gasteiger partial charge in [0.25, 0.3) is 0 Å². The summed E-state index contributed by atoms with van der Waals surface area (Å²) in [4.78, 5) is 4.39. The molecule has 0 bridgehead atoms. The molecule has 0 aliphatic heterocycles. The maximum absolute atomic E-state index is 6.20. The third-order valence-corrected chi connectivity index (χ3v) is 2.88. The van der Waals surface area contributed by atoms with Gasteiger partial charge < -0.3 is 0 Å². The largest absolute Gasteiger partial charge is 0.256 e. The van der Waals surface area contributed by atoms with Crippen molar-refractivity contribution in [1.29, 1.82) is 0 Å². The summed E-state index contributed by atoms with van der Waals surface area (Å²) in [6.07, 6.45) is 1.80. The van der Waals surface area contributed by atoms with Gasteiger partial charge in [-0.2, -0.15) is 0 Å². The van der Waals surface area contributed by atoms with E-state index in [9.17, 15) is 0 Å². The van der Waals surface area contributed by atoms with E-state index in [4.69, 9.17) is 11.6 Å². The lowest BCUT2D eigenvalue weighted by atomic mass is 10.1. The average Bonchev–Trinajstić information content (AvgIpc) is 2.29. The Kier molecular flexibility index (Phi) is 1.86. The first-order valence-electron chi connectivity index (χ1n) is 4.78. The van der Waals surface area contributed by atoms with Crippen molar-refractivity contribution in [2.24, 2.45) is 0 Å². The van der Waals surface area contributed by atoms with Gasteiger partial charge in [0.1, 0.15) is 0 Å². The van der Waals surface area contributed by atoms with E-state index in [1.807, 2.05) is 24.3 Å². The third-order valence-electron chi connectivity index (χ3n) is 2.56. The fraction of sp³-hybridized carbons (Fsp3) is 0. The van der Waals surface area contributed by atoms with Crippen LogP contribution in [0.1, 0.15) is 0 Å². The number of pyridine rings is 1. The molecule has 0 aliphatic rings. The highest BCUT2D eigenvalue weighted by atomic mass is 35.5. The normalized spacial score (nSPS) is 11.0. The minimum atomic E-state index is 0.761. The van der Waals surface area contributed by atoms with E-state index < -0.39 is 0 Å². The molecule has 15 heavy (non-hydrogen) atoms. The van der Waals surface area contributed by atoms with E-state index in [0.29, 0.717) is 0 Å². The number of benzene rings is 2. The summed E-state index contributed by atoms with van der Waals surface area (Å²) in [5.74, 6) is 0. The molecule has 0 N–H and O–H groups in total. The molecule has 0 saturated heterocycles. The number of hydrogen-bond donors (Lipinski definition) is 0. The molecule has 3 rings (SSSR count). The Balaban J connectivity index is 2.64. The summed E-state index contributed by atoms with van der Waals surface area (Å²) in [5, 5.41) is 4.06. The van der Waals surface area contributed by atoms with Crippen molar-refractivity contribution in [3.8, 4) is 0 Å². The molecule has 2 aromatic carbocycles. The molecular formula is C13H8ClN. The highest BCUT2D eigenvalue weighted by molar-refractivity contribution is 6.37. The quantitative estimate of drug-likeness (QED) is 0.514. The van der Waals surface area contributed by atoms with Crippen LogP contribution in [0.2, 0.25) is 5.02 Å². The van der Waals surface area contributed by atoms with E-state index in [0.717, 1.165) is 26.7 Å². The molecular weight excluding hydrogens is 206 g/mol. The maximum Gasteiger partial charge on any atom is 0.0795 e. The number of fused-ring (bicyclic) bond motifs is 3. The van der Waals surface area contributed by atoms with Crippen molar-refractivity contribution in [2.45, 2.75) is 0 Å². The van der Waals surface area contributed by atoms with Crippen molar-refractivity contribution in [2.75, 3.05) is 0 Å². The van der Waals surface area contributed by atoms with Crippen LogP contribution in [-0.4, -0.2) is 4.98 Å². The van der Waals surface area contributed by atoms with E-state index in [2.05, 4.69) is 23.2 Å². The molecule has 72 valence electrons. The molecule has 0 unspecified atom stereocenters. The predicted octanol–water partition coefficient (Wildman–Crippen LogP) is 4.04. The topological polar surface area (TPSA) is 12.9 Å². The van der Waals surface area contributed by atoms with Gasteiger partial charge in [-0.15, -0.1) is 0 Å². The SMILES string of the molecule is Clc1cccc2ccc3cccnc3c12. The number of nitrogens with zero attached hydrogens (tertiary/aromatic N) is 1. The van der Waals surface area contributed by atoms with Crippen molar-refractivity contribution in [1.82, 2.24) is 4.98 Å². The van der Waals surface area contributed by atoms with Gasteiger partial charge >= 0.3 is 0 Å². The highest BCUT2D eigenvalue weighted by Crippen LogP contribution is 2.29. The lowest BCUT2D eigenvalue weighted by molar-refractivity contribution is 1.43. The van der Waals surface area contributed by atoms with Crippen LogP contribution in [-0.2, 0) is 0 Å². The van der Waals surface area contributed by atoms with Crippen LogP contribution < -0.4 is 0 Å². The average molecular weight is 214 g/mol. The first kappa shape index (κ1) is 8.69. The molecule has 2 heteroatoms. The Morgan fingerprint density at radius 2 is 1.67 bits per heavy atom. The second-order valence-electron chi connectivity index (χ2n) is 3.48. The summed E-state index contributed by atoms with van der Waals surface area (Å²) in [5.41, 5.74) is 0.973. The first-order valence-corrected chi connectivity index (χ1v) is 5.16. The van der Waals surface area contributed by atoms with Gasteiger partial charge in [-0.1, -0.05) is 41.9 Å². The molecule has 3 aromatic rings. The second-order valence-corrected chi connectivity index (χ2v) is 3.89. The fourth-order valence-electron chi connectivity index (χ4n) is 1.87. The van der Waals surface area contributed by atoms with Gasteiger partial charge in [0, 0.05) is 17.0 Å². The van der Waals surface area contributed by atoms with Crippen molar-refractivity contribution >= 4 is 33.3 Å². The van der Waals surface area contributed by atoms with Crippen LogP contribution >= 0.6 is 11.6 Å². The Bertz CT molecular complexity index is 646. The van der Waals surface area contributed by atoms with Crippen LogP contribution in [0.4, 0.5) is 0 Å². The van der Waals surface area contributed by atoms with E-state index in [-0.39, 0.29) is 0 Å². The molecule has 0 saturated carbocycles. The number of aromatic nitrogens is 1. The standard InChI is InChI=1S/C13H8ClN/c14-11-5-1-3-9-6-7-10-4-2-8-15-13(10)12(9)11/h1-8H. The fourth-order valence-corrected chi connectivity index (χ4v) is 2.14. The van der Waals surface area contributed by atoms with Crippen molar-refractivity contribution in [3.05, 3.63) is 53.7 Å². The van der Waals surface area contributed by atoms with Gasteiger partial charge in [-0.25, -0.2) is 0 Å². The molecule has 0 aliphatic carbocycles. The number of rotatable bonds is 0. The molecule has 1 nitrogen and oxygen atoms in total. The summed E-state index contributed by atoms with van der Waals surface area (Å²) in [7, 11) is 0. The zero-order valence-corrected chi connectivity index (χ0v) is 8.70. The zero-order chi connectivity index (χ0) is 10.3. The summed E-state index contributed by atoms with van der Waals surface area (Å²) in [6.45, 7) is 0. The molecule has 0 spiro atoms. The second kappa shape index (κ2) is 3.21. The monoisotopic (exact) mass is 213 g/mol. The smallest absolute Gasteiger partial charge is 0.0795 e. The molecule has 0 atom stereocenters. The number of hydrogen-bond acceptors (Lipinski definition) is 1. The van der Waals surface area contributed by atoms with Crippen LogP contribution in [0, 0.1) is 0 Å². The lowest BCUT2D eigenvalue weighted by Crippen LogP contribution is -1.81. The Morgan fingerprint density at radius 1 is 0.867 bits per heavy atom. The van der Waals surface area contributed by atoms with Gasteiger partial charge in [-0.3, -0.25) is 4.98 Å². The third kappa shape index (κ3) is 1.28. The van der Waals surface area contributed by atoms with Crippen molar-refractivity contribution < 1.29 is 0 Å². The van der Waals surface area contributed by atoms with E-state index >= 15 is 0 Å². The minimum absolute atomic E-state index is 0.761. The van der Waals surface area contributed by atoms with Gasteiger partial charge in [0.2, 0.25) is 0 Å². The highest BCUT2D eigenvalue weighted by Gasteiger charge is 2.03. The maximum atomic E-state index is 6.20. The van der Waals surface area contributed by atoms with E-state index in [1.54, 1.807) is 6.20 Å². The number of halogens is 1. The summed E-state index contributed by atoms with van der Waals surface area (Å²) < 4.78 is 0. The van der Waals surface area contributed by atoms with Crippen LogP contribution in [0.3, 0.4) is 0 Å². The summed E-state index contributed by atoms with van der Waals surface area (Å²) >= 11 is 6.20. The van der Waals surface area contributed by atoms with Crippen LogP contribution in [0.5, 0.6) is 0 Å². The minimum Gasteiger partial charge on any atom is -0.256 e. The molecule has 1 aromatic heterocycles. The summed E-state index contributed by atoms with van der Waals surface area (Å²) in [6, 6.07) is 14.0. The first-order chi connectivity index (χ1) is 7.36. The van der Waals surface area contributed by atoms with E-state index in [1.165, 1.54) is 0 Å². The van der Waals surface area contributed by atoms with Crippen LogP contribution in [0.15, 0.2) is 48.7 Å². The zero-order valence-electron chi connectivity index (χ0n) is 7.94. The predicted molar refractivity (Wildman–Crippen MR) is 64.3 cm³/mol. The molecule has 0 amide bonds. The molecule has 0 fully saturated rings. The lowest BCUT2D eigenvalue weighted by Gasteiger charge is -2.03. The Morgan fingerprint density at radius 3 is 2.60 bits per heavy atom. The van der Waals surface area contributed by atoms with Crippen LogP contribution in [0.25, 0.3) is 21.7 Å². The van der Waals surface area contributed by atoms with Crippen molar-refractivity contribution in [3.63, 3.8) is 0 Å². The van der Waals surface area contributed by atoms with Gasteiger partial charge in [-0.05, 0) is 17.5 Å². The van der Waals surface area contributed by atoms with Gasteiger partial charge in [0.05, 0.1) is 10.5 Å². The Hall–Kier alpha value is -1.60. The molecule has 0 radical (unpaired) electrons. The molecule has 1 heterocycles.